The zero-order valence-corrected chi connectivity index (χ0v) is 11.1. The minimum atomic E-state index is 0.782. The van der Waals surface area contributed by atoms with Gasteiger partial charge in [-0.15, -0.1) is 0 Å². The molecule has 0 amide bonds. The minimum Gasteiger partial charge on any atom is -0.399 e. The van der Waals surface area contributed by atoms with Crippen LogP contribution in [0.1, 0.15) is 5.56 Å². The van der Waals surface area contributed by atoms with Crippen molar-refractivity contribution < 1.29 is 0 Å². The van der Waals surface area contributed by atoms with Gasteiger partial charge < -0.3 is 5.73 Å². The molecule has 0 unspecified atom stereocenters. The fourth-order valence-electron chi connectivity index (χ4n) is 2.20. The first-order chi connectivity index (χ1) is 9.83. The Kier molecular flexibility index (Phi) is 3.51. The molecule has 2 radical (unpaired) electrons. The van der Waals surface area contributed by atoms with Gasteiger partial charge in [0.25, 0.3) is 0 Å². The Morgan fingerprint density at radius 2 is 1.80 bits per heavy atom. The summed E-state index contributed by atoms with van der Waals surface area (Å²) in [5.41, 5.74) is 8.81. The number of nitrogen functional groups attached to an aromatic ring is 1. The van der Waals surface area contributed by atoms with Crippen LogP contribution < -0.4 is 16.2 Å². The van der Waals surface area contributed by atoms with Crippen LogP contribution in [0.2, 0.25) is 0 Å². The van der Waals surface area contributed by atoms with Crippen molar-refractivity contribution in [1.29, 1.82) is 0 Å². The summed E-state index contributed by atoms with van der Waals surface area (Å²) in [6, 6.07) is 17.3. The highest BCUT2D eigenvalue weighted by atomic mass is 14.5. The van der Waals surface area contributed by atoms with E-state index < -0.39 is 0 Å². The number of hydrogen-bond donors (Lipinski definition) is 1. The lowest BCUT2D eigenvalue weighted by atomic mass is 10.0. The summed E-state index contributed by atoms with van der Waals surface area (Å²) in [4.78, 5) is 0. The molecule has 1 aliphatic carbocycles. The largest absolute Gasteiger partial charge is 0.399 e. The van der Waals surface area contributed by atoms with Gasteiger partial charge in [0.1, 0.15) is 0 Å². The number of benzene rings is 2. The minimum absolute atomic E-state index is 0.782. The summed E-state index contributed by atoms with van der Waals surface area (Å²) >= 11 is 0. The van der Waals surface area contributed by atoms with Gasteiger partial charge in [-0.05, 0) is 45.8 Å². The molecule has 0 aromatic heterocycles. The second-order valence-corrected chi connectivity index (χ2v) is 4.68. The van der Waals surface area contributed by atoms with Crippen LogP contribution in [0, 0.1) is 12.5 Å². The molecular formula is C19H15N. The molecule has 1 aliphatic rings. The van der Waals surface area contributed by atoms with Gasteiger partial charge in [-0.1, -0.05) is 54.6 Å². The van der Waals surface area contributed by atoms with E-state index in [1.54, 1.807) is 0 Å². The third-order valence-electron chi connectivity index (χ3n) is 3.21. The maximum absolute atomic E-state index is 5.72. The lowest BCUT2D eigenvalue weighted by molar-refractivity contribution is 1.46. The Morgan fingerprint density at radius 1 is 0.950 bits per heavy atom. The molecule has 0 saturated heterocycles. The first kappa shape index (κ1) is 12.5. The van der Waals surface area contributed by atoms with Gasteiger partial charge in [-0.25, -0.2) is 0 Å². The maximum atomic E-state index is 5.72. The second-order valence-electron chi connectivity index (χ2n) is 4.68. The zero-order chi connectivity index (χ0) is 13.8. The summed E-state index contributed by atoms with van der Waals surface area (Å²) in [6.07, 6.45) is 12.5. The number of allylic oxidation sites excluding steroid dienone is 4. The summed E-state index contributed by atoms with van der Waals surface area (Å²) in [6.45, 7) is 0. The smallest absolute Gasteiger partial charge is 0.0314 e. The van der Waals surface area contributed by atoms with E-state index in [4.69, 9.17) is 5.73 Å². The highest BCUT2D eigenvalue weighted by molar-refractivity contribution is 5.69. The third-order valence-corrected chi connectivity index (χ3v) is 3.21. The van der Waals surface area contributed by atoms with E-state index in [-0.39, 0.29) is 0 Å². The molecule has 0 spiro atoms. The van der Waals surface area contributed by atoms with Crippen molar-refractivity contribution in [2.75, 3.05) is 5.73 Å². The molecule has 96 valence electrons. The monoisotopic (exact) mass is 257 g/mol. The van der Waals surface area contributed by atoms with Gasteiger partial charge >= 0.3 is 0 Å². The van der Waals surface area contributed by atoms with Crippen LogP contribution in [0.25, 0.3) is 11.6 Å². The molecule has 0 bridgehead atoms. The second kappa shape index (κ2) is 5.62. The van der Waals surface area contributed by atoms with Crippen molar-refractivity contribution in [3.05, 3.63) is 95.3 Å². The number of anilines is 1. The van der Waals surface area contributed by atoms with Gasteiger partial charge in [-0.3, -0.25) is 0 Å². The van der Waals surface area contributed by atoms with Crippen LogP contribution >= 0.6 is 0 Å². The van der Waals surface area contributed by atoms with Crippen molar-refractivity contribution in [2.24, 2.45) is 0 Å². The number of rotatable bonds is 1. The predicted molar refractivity (Wildman–Crippen MR) is 84.9 cm³/mol. The predicted octanol–water partition coefficient (Wildman–Crippen LogP) is 2.38. The van der Waals surface area contributed by atoms with Crippen LogP contribution in [0.4, 0.5) is 5.69 Å². The Labute approximate surface area is 119 Å². The molecule has 1 nitrogen and oxygen atoms in total. The molecule has 0 heterocycles. The van der Waals surface area contributed by atoms with Gasteiger partial charge in [0, 0.05) is 12.1 Å². The van der Waals surface area contributed by atoms with Crippen LogP contribution in [0.15, 0.2) is 66.8 Å². The maximum Gasteiger partial charge on any atom is 0.0314 e. The van der Waals surface area contributed by atoms with Crippen LogP contribution in [-0.4, -0.2) is 0 Å². The Hall–Kier alpha value is -2.54. The van der Waals surface area contributed by atoms with Crippen LogP contribution in [0.3, 0.4) is 0 Å². The third kappa shape index (κ3) is 2.72. The van der Waals surface area contributed by atoms with Gasteiger partial charge in [0.15, 0.2) is 0 Å². The molecule has 3 rings (SSSR count). The normalized spacial score (nSPS) is 17.5. The van der Waals surface area contributed by atoms with E-state index in [0.717, 1.165) is 21.7 Å². The fraction of sp³-hybridized carbons (Fsp3) is 0. The van der Waals surface area contributed by atoms with Gasteiger partial charge in [0.2, 0.25) is 0 Å². The molecule has 2 aromatic rings. The fourth-order valence-corrected chi connectivity index (χ4v) is 2.20. The summed E-state index contributed by atoms with van der Waals surface area (Å²) in [5.74, 6) is 0. The first-order valence-corrected chi connectivity index (χ1v) is 6.59. The standard InChI is InChI=1S/C19H15N/c20-18-12-10-15(11-13-18)14-17-8-4-5-9-19(17)16-6-2-1-3-7-16/h1-8,10-14H,20H2. The number of nitrogens with two attached hydrogens (primary N) is 1. The van der Waals surface area contributed by atoms with Crippen molar-refractivity contribution in [3.8, 4) is 0 Å². The lowest BCUT2D eigenvalue weighted by Crippen LogP contribution is -2.27. The molecule has 2 N–H and O–H groups in total. The van der Waals surface area contributed by atoms with E-state index >= 15 is 0 Å². The van der Waals surface area contributed by atoms with Crippen molar-refractivity contribution in [1.82, 2.24) is 0 Å². The van der Waals surface area contributed by atoms with Crippen molar-refractivity contribution in [3.63, 3.8) is 0 Å². The zero-order valence-electron chi connectivity index (χ0n) is 11.1. The molecular weight excluding hydrogens is 242 g/mol. The summed E-state index contributed by atoms with van der Waals surface area (Å²) < 4.78 is 0. The average molecular weight is 257 g/mol. The molecule has 0 atom stereocenters. The van der Waals surface area contributed by atoms with Gasteiger partial charge in [0.05, 0.1) is 0 Å². The molecule has 1 heteroatoms. The lowest BCUT2D eigenvalue weighted by Gasteiger charge is -2.02. The van der Waals surface area contributed by atoms with E-state index in [0.29, 0.717) is 0 Å². The Balaban J connectivity index is 2.18. The molecule has 0 aliphatic heterocycles. The highest BCUT2D eigenvalue weighted by Crippen LogP contribution is 2.08. The van der Waals surface area contributed by atoms with E-state index in [9.17, 15) is 0 Å². The summed E-state index contributed by atoms with van der Waals surface area (Å²) in [7, 11) is 0. The van der Waals surface area contributed by atoms with Crippen LogP contribution in [-0.2, 0) is 0 Å². The topological polar surface area (TPSA) is 26.0 Å². The van der Waals surface area contributed by atoms with Crippen LogP contribution in [0.5, 0.6) is 0 Å². The Morgan fingerprint density at radius 3 is 2.55 bits per heavy atom. The molecule has 0 fully saturated rings. The SMILES string of the molecule is Nc1ccc(C=c2ccc[c]c2=C2[CH]C=CC=C2)cc1. The van der Waals surface area contributed by atoms with Gasteiger partial charge in [-0.2, -0.15) is 0 Å². The molecule has 2 aromatic carbocycles. The quantitative estimate of drug-likeness (QED) is 0.780. The number of hydrogen-bond acceptors (Lipinski definition) is 1. The molecule has 20 heavy (non-hydrogen) atoms. The Bertz CT molecular complexity index is 777. The van der Waals surface area contributed by atoms with E-state index in [1.165, 1.54) is 5.57 Å². The summed E-state index contributed by atoms with van der Waals surface area (Å²) in [5, 5.41) is 2.27. The average Bonchev–Trinajstić information content (AvgIpc) is 2.51. The van der Waals surface area contributed by atoms with E-state index in [2.05, 4.69) is 30.7 Å². The highest BCUT2D eigenvalue weighted by Gasteiger charge is 1.97. The van der Waals surface area contributed by atoms with Crippen molar-refractivity contribution >= 4 is 17.3 Å². The van der Waals surface area contributed by atoms with E-state index in [1.807, 2.05) is 54.6 Å². The van der Waals surface area contributed by atoms with Crippen molar-refractivity contribution in [2.45, 2.75) is 0 Å². The molecule has 0 saturated carbocycles. The first-order valence-electron chi connectivity index (χ1n) is 6.59.